The molecule has 1 aromatic rings. The number of hydrogen-bond acceptors (Lipinski definition) is 3. The topological polar surface area (TPSA) is 72.2 Å². The van der Waals surface area contributed by atoms with Gasteiger partial charge in [-0.25, -0.2) is 13.8 Å². The minimum atomic E-state index is -2.83. The number of aliphatic carboxylic acids is 1. The highest BCUT2D eigenvalue weighted by atomic mass is 19.3. The average Bonchev–Trinajstić information content (AvgIpc) is 2.07. The zero-order chi connectivity index (χ0) is 10.7. The second-order valence-corrected chi connectivity index (χ2v) is 2.47. The minimum Gasteiger partial charge on any atom is -0.480 e. The van der Waals surface area contributed by atoms with Crippen molar-refractivity contribution in [2.75, 3.05) is 0 Å². The third-order valence-corrected chi connectivity index (χ3v) is 1.43. The highest BCUT2D eigenvalue weighted by molar-refractivity contribution is 5.66. The average molecular weight is 204 g/mol. The Bertz CT molecular complexity index is 402. The summed E-state index contributed by atoms with van der Waals surface area (Å²) in [5.74, 6) is -1.24. The van der Waals surface area contributed by atoms with Crippen molar-refractivity contribution >= 4 is 5.97 Å². The van der Waals surface area contributed by atoms with Crippen molar-refractivity contribution < 1.29 is 18.7 Å². The third-order valence-electron chi connectivity index (χ3n) is 1.43. The lowest BCUT2D eigenvalue weighted by molar-refractivity contribution is -0.137. The van der Waals surface area contributed by atoms with Gasteiger partial charge in [0.15, 0.2) is 0 Å². The summed E-state index contributed by atoms with van der Waals surface area (Å²) in [6.07, 6.45) is -2.04. The summed E-state index contributed by atoms with van der Waals surface area (Å²) in [7, 11) is 0. The smallest absolute Gasteiger partial charge is 0.323 e. The summed E-state index contributed by atoms with van der Waals surface area (Å²) < 4.78 is 24.8. The van der Waals surface area contributed by atoms with Crippen molar-refractivity contribution in [1.82, 2.24) is 9.55 Å². The predicted molar refractivity (Wildman–Crippen MR) is 41.1 cm³/mol. The molecule has 1 rings (SSSR count). The molecule has 1 heterocycles. The molecule has 0 aliphatic rings. The molecule has 0 aliphatic heterocycles. The van der Waals surface area contributed by atoms with Crippen LogP contribution in [0.5, 0.6) is 0 Å². The quantitative estimate of drug-likeness (QED) is 0.766. The van der Waals surface area contributed by atoms with Gasteiger partial charge in [0.05, 0.1) is 6.33 Å². The maximum absolute atomic E-state index is 12.0. The number of halogens is 2. The van der Waals surface area contributed by atoms with Crippen LogP contribution in [0.15, 0.2) is 17.2 Å². The second-order valence-electron chi connectivity index (χ2n) is 2.47. The van der Waals surface area contributed by atoms with Crippen molar-refractivity contribution in [3.8, 4) is 0 Å². The molecule has 0 bridgehead atoms. The van der Waals surface area contributed by atoms with Crippen LogP contribution in [0.4, 0.5) is 8.78 Å². The van der Waals surface area contributed by atoms with Gasteiger partial charge in [-0.15, -0.1) is 0 Å². The Morgan fingerprint density at radius 3 is 2.71 bits per heavy atom. The lowest BCUT2D eigenvalue weighted by Gasteiger charge is -2.02. The van der Waals surface area contributed by atoms with Gasteiger partial charge in [-0.3, -0.25) is 14.2 Å². The van der Waals surface area contributed by atoms with Crippen LogP contribution < -0.4 is 5.56 Å². The van der Waals surface area contributed by atoms with E-state index in [-0.39, 0.29) is 0 Å². The van der Waals surface area contributed by atoms with Gasteiger partial charge in [0.2, 0.25) is 0 Å². The van der Waals surface area contributed by atoms with E-state index in [2.05, 4.69) is 4.98 Å². The summed E-state index contributed by atoms with van der Waals surface area (Å²) in [5.41, 5.74) is -1.46. The fourth-order valence-corrected chi connectivity index (χ4v) is 0.824. The van der Waals surface area contributed by atoms with E-state index in [9.17, 15) is 18.4 Å². The van der Waals surface area contributed by atoms with Gasteiger partial charge < -0.3 is 5.11 Å². The van der Waals surface area contributed by atoms with Crippen LogP contribution in [0.2, 0.25) is 0 Å². The zero-order valence-corrected chi connectivity index (χ0v) is 6.85. The molecule has 0 aromatic carbocycles. The van der Waals surface area contributed by atoms with Crippen LogP contribution in [0.1, 0.15) is 12.1 Å². The van der Waals surface area contributed by atoms with Gasteiger partial charge in [-0.2, -0.15) is 0 Å². The number of hydrogen-bond donors (Lipinski definition) is 1. The molecule has 76 valence electrons. The normalized spacial score (nSPS) is 10.5. The molecule has 1 aromatic heterocycles. The maximum atomic E-state index is 12.0. The van der Waals surface area contributed by atoms with Gasteiger partial charge >= 0.3 is 5.97 Å². The van der Waals surface area contributed by atoms with Crippen molar-refractivity contribution in [1.29, 1.82) is 0 Å². The van der Waals surface area contributed by atoms with Gasteiger partial charge in [-0.05, 0) is 0 Å². The fourth-order valence-electron chi connectivity index (χ4n) is 0.824. The van der Waals surface area contributed by atoms with Crippen molar-refractivity contribution in [3.05, 3.63) is 28.4 Å². The van der Waals surface area contributed by atoms with E-state index in [0.717, 1.165) is 10.9 Å². The van der Waals surface area contributed by atoms with Gasteiger partial charge in [-0.1, -0.05) is 0 Å². The number of nitrogens with zero attached hydrogens (tertiary/aromatic N) is 2. The van der Waals surface area contributed by atoms with E-state index in [0.29, 0.717) is 6.07 Å². The molecule has 0 amide bonds. The van der Waals surface area contributed by atoms with Gasteiger partial charge in [0.25, 0.3) is 12.0 Å². The Balaban J connectivity index is 3.02. The summed E-state index contributed by atoms with van der Waals surface area (Å²) in [5, 5.41) is 8.33. The van der Waals surface area contributed by atoms with Crippen LogP contribution in [0.3, 0.4) is 0 Å². The summed E-state index contributed by atoms with van der Waals surface area (Å²) in [4.78, 5) is 24.5. The first-order valence-electron chi connectivity index (χ1n) is 3.57. The Morgan fingerprint density at radius 2 is 2.29 bits per heavy atom. The lowest BCUT2D eigenvalue weighted by atomic mass is 10.4. The van der Waals surface area contributed by atoms with Crippen LogP contribution in [0.25, 0.3) is 0 Å². The summed E-state index contributed by atoms with van der Waals surface area (Å²) in [6, 6.07) is 0.619. The van der Waals surface area contributed by atoms with E-state index in [4.69, 9.17) is 5.11 Å². The zero-order valence-electron chi connectivity index (χ0n) is 6.85. The monoisotopic (exact) mass is 204 g/mol. The molecule has 0 fully saturated rings. The molecule has 0 saturated heterocycles. The second kappa shape index (κ2) is 3.95. The van der Waals surface area contributed by atoms with Gasteiger partial charge in [0.1, 0.15) is 12.2 Å². The fraction of sp³-hybridized carbons (Fsp3) is 0.286. The van der Waals surface area contributed by atoms with Crippen LogP contribution in [-0.2, 0) is 11.3 Å². The molecular weight excluding hydrogens is 198 g/mol. The predicted octanol–water partition coefficient (Wildman–Crippen LogP) is 0.266. The van der Waals surface area contributed by atoms with Crippen molar-refractivity contribution in [3.63, 3.8) is 0 Å². The highest BCUT2D eigenvalue weighted by Gasteiger charge is 2.10. The van der Waals surface area contributed by atoms with E-state index in [1.807, 2.05) is 0 Å². The Morgan fingerprint density at radius 1 is 1.64 bits per heavy atom. The Kier molecular flexibility index (Phi) is 2.90. The van der Waals surface area contributed by atoms with E-state index in [1.165, 1.54) is 0 Å². The minimum absolute atomic E-state index is 0.588. The summed E-state index contributed by atoms with van der Waals surface area (Å²) >= 11 is 0. The number of alkyl halides is 2. The molecule has 0 spiro atoms. The highest BCUT2D eigenvalue weighted by Crippen LogP contribution is 2.12. The number of aromatic nitrogens is 2. The van der Waals surface area contributed by atoms with Crippen molar-refractivity contribution in [2.45, 2.75) is 13.0 Å². The first kappa shape index (κ1) is 10.3. The number of carboxylic acid groups (broad SMARTS) is 1. The molecule has 0 unspecified atom stereocenters. The van der Waals surface area contributed by atoms with E-state index < -0.39 is 30.2 Å². The number of carboxylic acids is 1. The van der Waals surface area contributed by atoms with E-state index in [1.54, 1.807) is 0 Å². The molecule has 0 aliphatic carbocycles. The Hall–Kier alpha value is -1.79. The lowest BCUT2D eigenvalue weighted by Crippen LogP contribution is -2.24. The summed E-state index contributed by atoms with van der Waals surface area (Å²) in [6.45, 7) is -0.588. The first-order valence-corrected chi connectivity index (χ1v) is 3.57. The molecule has 0 saturated carbocycles. The molecule has 14 heavy (non-hydrogen) atoms. The largest absolute Gasteiger partial charge is 0.480 e. The first-order chi connectivity index (χ1) is 6.50. The third kappa shape index (κ3) is 2.35. The molecule has 0 radical (unpaired) electrons. The maximum Gasteiger partial charge on any atom is 0.323 e. The van der Waals surface area contributed by atoms with Crippen LogP contribution in [0, 0.1) is 0 Å². The number of rotatable bonds is 3. The number of carbonyl (C=O) groups is 1. The Labute approximate surface area is 76.6 Å². The van der Waals surface area contributed by atoms with Crippen molar-refractivity contribution in [2.24, 2.45) is 0 Å². The van der Waals surface area contributed by atoms with Gasteiger partial charge in [0, 0.05) is 6.07 Å². The molecule has 0 atom stereocenters. The van der Waals surface area contributed by atoms with Crippen LogP contribution in [-0.4, -0.2) is 20.6 Å². The van der Waals surface area contributed by atoms with Crippen LogP contribution >= 0.6 is 0 Å². The standard InChI is InChI=1S/C7H6F2N2O3/c8-7(9)4-1-5(12)11(3-10-4)2-6(13)14/h1,3,7H,2H2,(H,13,14). The molecular formula is C7H6F2N2O3. The SMILES string of the molecule is O=C(O)Cn1cnc(C(F)F)cc1=O. The van der Waals surface area contributed by atoms with E-state index >= 15 is 0 Å². The molecule has 5 nitrogen and oxygen atoms in total. The molecule has 7 heteroatoms. The molecule has 1 N–H and O–H groups in total.